The summed E-state index contributed by atoms with van der Waals surface area (Å²) in [4.78, 5) is 44.0. The summed E-state index contributed by atoms with van der Waals surface area (Å²) in [5, 5.41) is 4.03. The minimum Gasteiger partial charge on any atom is -0.342 e. The lowest BCUT2D eigenvalue weighted by Crippen LogP contribution is -2.44. The fraction of sp³-hybridized carbons (Fsp3) is 0.423. The van der Waals surface area contributed by atoms with Gasteiger partial charge in [0.25, 0.3) is 0 Å². The Morgan fingerprint density at radius 1 is 1.00 bits per heavy atom. The van der Waals surface area contributed by atoms with E-state index in [1.54, 1.807) is 22.3 Å². The number of benzene rings is 1. The molecular weight excluding hydrogens is 434 g/mol. The molecule has 1 spiro atoms. The van der Waals surface area contributed by atoms with Crippen molar-refractivity contribution in [3.05, 3.63) is 58.8 Å². The fourth-order valence-electron chi connectivity index (χ4n) is 5.36. The molecule has 0 bridgehead atoms. The zero-order valence-corrected chi connectivity index (χ0v) is 19.5. The molecule has 0 saturated carbocycles. The zero-order valence-electron chi connectivity index (χ0n) is 18.7. The van der Waals surface area contributed by atoms with Crippen molar-refractivity contribution >= 4 is 40.8 Å². The third-order valence-corrected chi connectivity index (χ3v) is 8.09. The Labute approximate surface area is 198 Å². The second-order valence-corrected chi connectivity index (χ2v) is 10.2. The highest BCUT2D eigenvalue weighted by Crippen LogP contribution is 2.41. The van der Waals surface area contributed by atoms with Crippen LogP contribution < -0.4 is 4.90 Å². The van der Waals surface area contributed by atoms with E-state index in [0.29, 0.717) is 6.54 Å². The van der Waals surface area contributed by atoms with Crippen LogP contribution in [0.5, 0.6) is 0 Å². The van der Waals surface area contributed by atoms with Crippen molar-refractivity contribution in [1.82, 2.24) is 9.80 Å². The van der Waals surface area contributed by atoms with Gasteiger partial charge in [-0.2, -0.15) is 11.3 Å². The highest BCUT2D eigenvalue weighted by molar-refractivity contribution is 7.08. The van der Waals surface area contributed by atoms with Crippen molar-refractivity contribution < 1.29 is 14.4 Å². The van der Waals surface area contributed by atoms with Crippen LogP contribution in [0.25, 0.3) is 6.08 Å². The third kappa shape index (κ3) is 4.60. The van der Waals surface area contributed by atoms with Crippen LogP contribution in [0.2, 0.25) is 0 Å². The summed E-state index contributed by atoms with van der Waals surface area (Å²) < 4.78 is 0. The summed E-state index contributed by atoms with van der Waals surface area (Å²) in [7, 11) is 0. The molecule has 2 aromatic rings. The maximum absolute atomic E-state index is 13.2. The van der Waals surface area contributed by atoms with Crippen LogP contribution in [0.15, 0.2) is 53.2 Å². The predicted octanol–water partition coefficient (Wildman–Crippen LogP) is 3.66. The van der Waals surface area contributed by atoms with Gasteiger partial charge in [-0.05, 0) is 65.3 Å². The predicted molar refractivity (Wildman–Crippen MR) is 130 cm³/mol. The Balaban J connectivity index is 1.14. The number of thiophene rings is 1. The second-order valence-electron chi connectivity index (χ2n) is 9.47. The van der Waals surface area contributed by atoms with Gasteiger partial charge in [-0.25, -0.2) is 0 Å². The molecule has 5 rings (SSSR count). The zero-order chi connectivity index (χ0) is 22.8. The topological polar surface area (TPSA) is 60.9 Å². The molecule has 3 fully saturated rings. The van der Waals surface area contributed by atoms with Crippen molar-refractivity contribution in [2.45, 2.75) is 25.7 Å². The Morgan fingerprint density at radius 2 is 1.73 bits per heavy atom. The van der Waals surface area contributed by atoms with Gasteiger partial charge in [0, 0.05) is 50.9 Å². The van der Waals surface area contributed by atoms with Crippen molar-refractivity contribution in [2.24, 2.45) is 11.3 Å². The first-order valence-electron chi connectivity index (χ1n) is 11.7. The van der Waals surface area contributed by atoms with E-state index in [1.165, 1.54) is 0 Å². The summed E-state index contributed by atoms with van der Waals surface area (Å²) in [6, 6.07) is 11.6. The van der Waals surface area contributed by atoms with Gasteiger partial charge in [-0.15, -0.1) is 0 Å². The number of carbonyl (C=O) groups is 3. The molecule has 1 aromatic heterocycles. The quantitative estimate of drug-likeness (QED) is 0.651. The second kappa shape index (κ2) is 9.14. The first-order chi connectivity index (χ1) is 16.0. The maximum Gasteiger partial charge on any atom is 0.246 e. The fourth-order valence-corrected chi connectivity index (χ4v) is 5.99. The van der Waals surface area contributed by atoms with Crippen LogP contribution in [0.1, 0.15) is 31.2 Å². The standard InChI is InChI=1S/C26H29N3O3S/c30-23(7-6-20-8-15-33-18-20)27-12-9-26(10-13-27)11-14-28(19-26)25(32)21-16-24(31)29(17-21)22-4-2-1-3-5-22/h1-8,15,18,21H,9-14,16-17,19H2. The lowest BCUT2D eigenvalue weighted by atomic mass is 9.77. The molecule has 33 heavy (non-hydrogen) atoms. The molecular formula is C26H29N3O3S. The molecule has 0 radical (unpaired) electrons. The summed E-state index contributed by atoms with van der Waals surface area (Å²) >= 11 is 1.62. The van der Waals surface area contributed by atoms with Gasteiger partial charge < -0.3 is 14.7 Å². The number of anilines is 1. The number of amides is 3. The first-order valence-corrected chi connectivity index (χ1v) is 12.6. The average molecular weight is 464 g/mol. The summed E-state index contributed by atoms with van der Waals surface area (Å²) in [6.45, 7) is 3.43. The number of carbonyl (C=O) groups excluding carboxylic acids is 3. The summed E-state index contributed by atoms with van der Waals surface area (Å²) in [6.07, 6.45) is 6.66. The Bertz CT molecular complexity index is 1040. The van der Waals surface area contributed by atoms with Crippen LogP contribution in [0.3, 0.4) is 0 Å². The monoisotopic (exact) mass is 463 g/mol. The van der Waals surface area contributed by atoms with Gasteiger partial charge in [0.15, 0.2) is 0 Å². The average Bonchev–Trinajstić information content (AvgIpc) is 3.59. The Kier molecular flexibility index (Phi) is 6.06. The van der Waals surface area contributed by atoms with Gasteiger partial charge in [0.2, 0.25) is 17.7 Å². The molecule has 3 aliphatic rings. The van der Waals surface area contributed by atoms with E-state index < -0.39 is 0 Å². The van der Waals surface area contributed by atoms with E-state index in [-0.39, 0.29) is 35.5 Å². The Hall–Kier alpha value is -2.93. The molecule has 1 aromatic carbocycles. The van der Waals surface area contributed by atoms with Crippen molar-refractivity contribution in [1.29, 1.82) is 0 Å². The van der Waals surface area contributed by atoms with Gasteiger partial charge in [0.05, 0.1) is 5.92 Å². The number of rotatable bonds is 4. The number of likely N-dealkylation sites (tertiary alicyclic amines) is 2. The molecule has 3 saturated heterocycles. The normalized spacial score (nSPS) is 22.6. The molecule has 3 amide bonds. The van der Waals surface area contributed by atoms with Crippen LogP contribution in [-0.4, -0.2) is 60.2 Å². The smallest absolute Gasteiger partial charge is 0.246 e. The van der Waals surface area contributed by atoms with E-state index in [0.717, 1.165) is 56.7 Å². The van der Waals surface area contributed by atoms with Gasteiger partial charge in [0.1, 0.15) is 0 Å². The molecule has 3 aliphatic heterocycles. The van der Waals surface area contributed by atoms with E-state index in [9.17, 15) is 14.4 Å². The Morgan fingerprint density at radius 3 is 2.42 bits per heavy atom. The van der Waals surface area contributed by atoms with Gasteiger partial charge in [-0.3, -0.25) is 14.4 Å². The molecule has 0 aliphatic carbocycles. The minimum absolute atomic E-state index is 0.0239. The largest absolute Gasteiger partial charge is 0.342 e. The van der Waals surface area contributed by atoms with Gasteiger partial charge >= 0.3 is 0 Å². The van der Waals surface area contributed by atoms with E-state index >= 15 is 0 Å². The molecule has 6 nitrogen and oxygen atoms in total. The van der Waals surface area contributed by atoms with E-state index in [1.807, 2.05) is 63.0 Å². The highest BCUT2D eigenvalue weighted by atomic mass is 32.1. The van der Waals surface area contributed by atoms with E-state index in [2.05, 4.69) is 0 Å². The van der Waals surface area contributed by atoms with Crippen molar-refractivity contribution in [3.8, 4) is 0 Å². The molecule has 0 N–H and O–H groups in total. The SMILES string of the molecule is O=C(C=Cc1ccsc1)N1CCC2(CC1)CCN(C(=O)C1CC(=O)N(c3ccccc3)C1)C2. The molecule has 7 heteroatoms. The number of nitrogens with zero attached hydrogens (tertiary/aromatic N) is 3. The number of hydrogen-bond donors (Lipinski definition) is 0. The summed E-state index contributed by atoms with van der Waals surface area (Å²) in [5.74, 6) is -0.0733. The molecule has 1 unspecified atom stereocenters. The lowest BCUT2D eigenvalue weighted by molar-refractivity contribution is -0.135. The van der Waals surface area contributed by atoms with Crippen LogP contribution in [0, 0.1) is 11.3 Å². The number of hydrogen-bond acceptors (Lipinski definition) is 4. The molecule has 4 heterocycles. The van der Waals surface area contributed by atoms with Crippen molar-refractivity contribution in [2.75, 3.05) is 37.6 Å². The van der Waals surface area contributed by atoms with E-state index in [4.69, 9.17) is 0 Å². The van der Waals surface area contributed by atoms with Crippen LogP contribution >= 0.6 is 11.3 Å². The van der Waals surface area contributed by atoms with Crippen molar-refractivity contribution in [3.63, 3.8) is 0 Å². The van der Waals surface area contributed by atoms with Gasteiger partial charge in [-0.1, -0.05) is 18.2 Å². The van der Waals surface area contributed by atoms with Crippen LogP contribution in [0.4, 0.5) is 5.69 Å². The maximum atomic E-state index is 13.2. The summed E-state index contributed by atoms with van der Waals surface area (Å²) in [5.41, 5.74) is 2.02. The molecule has 172 valence electrons. The lowest BCUT2D eigenvalue weighted by Gasteiger charge is -2.39. The number of piperidine rings is 1. The number of para-hydroxylation sites is 1. The minimum atomic E-state index is -0.267. The van der Waals surface area contributed by atoms with Crippen LogP contribution in [-0.2, 0) is 14.4 Å². The molecule has 1 atom stereocenters. The first kappa shape index (κ1) is 21.9. The third-order valence-electron chi connectivity index (χ3n) is 7.39. The highest BCUT2D eigenvalue weighted by Gasteiger charge is 2.45.